The molecule has 0 saturated carbocycles. The molecule has 1 rings (SSSR count). The quantitative estimate of drug-likeness (QED) is 0.871. The maximum Gasteiger partial charge on any atom is 0.408 e. The van der Waals surface area contributed by atoms with Crippen molar-refractivity contribution in [2.24, 2.45) is 0 Å². The summed E-state index contributed by atoms with van der Waals surface area (Å²) in [6, 6.07) is 0. The van der Waals surface area contributed by atoms with E-state index >= 15 is 0 Å². The highest BCUT2D eigenvalue weighted by Gasteiger charge is 2.28. The third kappa shape index (κ3) is 5.16. The predicted molar refractivity (Wildman–Crippen MR) is 54.9 cm³/mol. The summed E-state index contributed by atoms with van der Waals surface area (Å²) in [6.45, 7) is 5.46. The zero-order valence-corrected chi connectivity index (χ0v) is 9.60. The van der Waals surface area contributed by atoms with E-state index in [1.54, 1.807) is 0 Å². The lowest BCUT2D eigenvalue weighted by molar-refractivity contribution is -0.142. The van der Waals surface area contributed by atoms with E-state index in [1.165, 1.54) is 12.4 Å². The van der Waals surface area contributed by atoms with Gasteiger partial charge in [-0.2, -0.15) is 18.3 Å². The summed E-state index contributed by atoms with van der Waals surface area (Å²) in [4.78, 5) is 0. The minimum absolute atomic E-state index is 0.0634. The summed E-state index contributed by atoms with van der Waals surface area (Å²) in [5.74, 6) is 0. The molecule has 0 aliphatic rings. The van der Waals surface area contributed by atoms with Crippen LogP contribution in [0.4, 0.5) is 13.2 Å². The Morgan fingerprint density at radius 2 is 1.94 bits per heavy atom. The minimum Gasteiger partial charge on any atom is -0.308 e. The fourth-order valence-corrected chi connectivity index (χ4v) is 1.14. The zero-order chi connectivity index (χ0) is 12.4. The second-order valence-electron chi connectivity index (χ2n) is 4.76. The van der Waals surface area contributed by atoms with E-state index in [0.717, 1.165) is 10.2 Å². The summed E-state index contributed by atoms with van der Waals surface area (Å²) in [7, 11) is 0. The first kappa shape index (κ1) is 13.0. The fourth-order valence-electron chi connectivity index (χ4n) is 1.14. The van der Waals surface area contributed by atoms with Crippen molar-refractivity contribution in [2.75, 3.05) is 0 Å². The van der Waals surface area contributed by atoms with Crippen LogP contribution in [-0.2, 0) is 13.1 Å². The average Bonchev–Trinajstić information content (AvgIpc) is 2.44. The number of nitrogens with zero attached hydrogens (tertiary/aromatic N) is 2. The van der Waals surface area contributed by atoms with Crippen LogP contribution in [0.15, 0.2) is 12.4 Å². The van der Waals surface area contributed by atoms with E-state index in [9.17, 15) is 13.2 Å². The Bertz CT molecular complexity index is 336. The lowest BCUT2D eigenvalue weighted by atomic mass is 10.1. The average molecular weight is 235 g/mol. The van der Waals surface area contributed by atoms with Gasteiger partial charge in [0.15, 0.2) is 0 Å². The van der Waals surface area contributed by atoms with Crippen LogP contribution in [0.1, 0.15) is 26.3 Å². The van der Waals surface area contributed by atoms with E-state index in [-0.39, 0.29) is 5.54 Å². The minimum atomic E-state index is -4.22. The normalized spacial score (nSPS) is 13.1. The van der Waals surface area contributed by atoms with Crippen molar-refractivity contribution in [2.45, 2.75) is 45.6 Å². The first-order valence-electron chi connectivity index (χ1n) is 4.99. The summed E-state index contributed by atoms with van der Waals surface area (Å²) >= 11 is 0. The molecule has 0 fully saturated rings. The molecular weight excluding hydrogens is 219 g/mol. The number of hydrogen-bond acceptors (Lipinski definition) is 2. The van der Waals surface area contributed by atoms with Gasteiger partial charge in [0.1, 0.15) is 6.54 Å². The van der Waals surface area contributed by atoms with Crippen molar-refractivity contribution in [3.63, 3.8) is 0 Å². The highest BCUT2D eigenvalue weighted by atomic mass is 19.4. The van der Waals surface area contributed by atoms with Crippen LogP contribution in [0, 0.1) is 0 Å². The Kier molecular flexibility index (Phi) is 3.62. The van der Waals surface area contributed by atoms with Crippen molar-refractivity contribution in [1.82, 2.24) is 15.1 Å². The maximum atomic E-state index is 12.0. The number of nitrogens with one attached hydrogen (secondary N) is 1. The molecule has 16 heavy (non-hydrogen) atoms. The predicted octanol–water partition coefficient (Wildman–Crippen LogP) is 2.33. The van der Waals surface area contributed by atoms with Crippen LogP contribution in [-0.4, -0.2) is 21.5 Å². The van der Waals surface area contributed by atoms with Crippen LogP contribution in [0.25, 0.3) is 0 Å². The van der Waals surface area contributed by atoms with Gasteiger partial charge in [-0.15, -0.1) is 0 Å². The molecule has 3 nitrogen and oxygen atoms in total. The van der Waals surface area contributed by atoms with E-state index in [4.69, 9.17) is 0 Å². The van der Waals surface area contributed by atoms with Crippen molar-refractivity contribution >= 4 is 0 Å². The molecule has 0 radical (unpaired) electrons. The van der Waals surface area contributed by atoms with Crippen LogP contribution >= 0.6 is 0 Å². The zero-order valence-electron chi connectivity index (χ0n) is 9.60. The third-order valence-electron chi connectivity index (χ3n) is 1.85. The van der Waals surface area contributed by atoms with Crippen LogP contribution in [0.2, 0.25) is 0 Å². The Morgan fingerprint density at radius 1 is 1.31 bits per heavy atom. The van der Waals surface area contributed by atoms with Gasteiger partial charge in [-0.05, 0) is 20.8 Å². The third-order valence-corrected chi connectivity index (χ3v) is 1.85. The van der Waals surface area contributed by atoms with Crippen LogP contribution in [0.5, 0.6) is 0 Å². The standard InChI is InChI=1S/C10H16F3N3/c1-9(2,3)14-4-8-5-15-16(6-8)7-10(11,12)13/h5-6,14H,4,7H2,1-3H3. The summed E-state index contributed by atoms with van der Waals surface area (Å²) in [5.41, 5.74) is 0.686. The number of hydrogen-bond donors (Lipinski definition) is 1. The van der Waals surface area contributed by atoms with Gasteiger partial charge < -0.3 is 5.32 Å². The van der Waals surface area contributed by atoms with Gasteiger partial charge in [0.2, 0.25) is 0 Å². The summed E-state index contributed by atoms with van der Waals surface area (Å²) in [5, 5.41) is 6.84. The van der Waals surface area contributed by atoms with Crippen molar-refractivity contribution in [3.8, 4) is 0 Å². The van der Waals surface area contributed by atoms with Gasteiger partial charge in [-0.3, -0.25) is 4.68 Å². The number of aromatic nitrogens is 2. The monoisotopic (exact) mass is 235 g/mol. The van der Waals surface area contributed by atoms with Gasteiger partial charge in [-0.1, -0.05) is 0 Å². The molecule has 0 amide bonds. The molecule has 1 aromatic heterocycles. The molecular formula is C10H16F3N3. The fraction of sp³-hybridized carbons (Fsp3) is 0.700. The van der Waals surface area contributed by atoms with E-state index in [2.05, 4.69) is 10.4 Å². The molecule has 1 N–H and O–H groups in total. The van der Waals surface area contributed by atoms with Crippen molar-refractivity contribution in [1.29, 1.82) is 0 Å². The molecule has 1 heterocycles. The molecule has 6 heteroatoms. The highest BCUT2D eigenvalue weighted by molar-refractivity contribution is 5.04. The molecule has 0 bridgehead atoms. The number of rotatable bonds is 3. The van der Waals surface area contributed by atoms with Gasteiger partial charge >= 0.3 is 6.18 Å². The lowest BCUT2D eigenvalue weighted by Crippen LogP contribution is -2.34. The molecule has 92 valence electrons. The molecule has 0 spiro atoms. The molecule has 0 aliphatic heterocycles. The molecule has 0 atom stereocenters. The van der Waals surface area contributed by atoms with E-state index in [1.807, 2.05) is 20.8 Å². The van der Waals surface area contributed by atoms with Gasteiger partial charge in [0, 0.05) is 23.8 Å². The number of halogens is 3. The molecule has 0 aromatic carbocycles. The van der Waals surface area contributed by atoms with Crippen molar-refractivity contribution in [3.05, 3.63) is 18.0 Å². The SMILES string of the molecule is CC(C)(C)NCc1cnn(CC(F)(F)F)c1. The summed E-state index contributed by atoms with van der Waals surface area (Å²) in [6.07, 6.45) is -1.36. The topological polar surface area (TPSA) is 29.9 Å². The van der Waals surface area contributed by atoms with Crippen LogP contribution in [0.3, 0.4) is 0 Å². The smallest absolute Gasteiger partial charge is 0.308 e. The first-order chi connectivity index (χ1) is 7.16. The Balaban J connectivity index is 2.52. The molecule has 0 unspecified atom stereocenters. The summed E-state index contributed by atoms with van der Waals surface area (Å²) < 4.78 is 37.1. The molecule has 1 aromatic rings. The highest BCUT2D eigenvalue weighted by Crippen LogP contribution is 2.17. The maximum absolute atomic E-state index is 12.0. The second kappa shape index (κ2) is 4.45. The van der Waals surface area contributed by atoms with Gasteiger partial charge in [0.25, 0.3) is 0 Å². The van der Waals surface area contributed by atoms with E-state index < -0.39 is 12.7 Å². The Labute approximate surface area is 92.6 Å². The van der Waals surface area contributed by atoms with Crippen molar-refractivity contribution < 1.29 is 13.2 Å². The van der Waals surface area contributed by atoms with E-state index in [0.29, 0.717) is 6.54 Å². The Hall–Kier alpha value is -1.04. The molecule has 0 saturated heterocycles. The molecule has 0 aliphatic carbocycles. The largest absolute Gasteiger partial charge is 0.408 e. The van der Waals surface area contributed by atoms with Gasteiger partial charge in [-0.25, -0.2) is 0 Å². The Morgan fingerprint density at radius 3 is 2.44 bits per heavy atom. The first-order valence-corrected chi connectivity index (χ1v) is 4.99. The second-order valence-corrected chi connectivity index (χ2v) is 4.76. The van der Waals surface area contributed by atoms with Gasteiger partial charge in [0.05, 0.1) is 6.20 Å². The lowest BCUT2D eigenvalue weighted by Gasteiger charge is -2.19. The van der Waals surface area contributed by atoms with Crippen LogP contribution < -0.4 is 5.32 Å². The number of alkyl halides is 3.